The van der Waals surface area contributed by atoms with Crippen molar-refractivity contribution in [2.24, 2.45) is 0 Å². The van der Waals surface area contributed by atoms with E-state index in [1.165, 1.54) is 11.0 Å². The fraction of sp³-hybridized carbons (Fsp3) is 0.333. The third-order valence-electron chi connectivity index (χ3n) is 2.95. The Morgan fingerprint density at radius 3 is 2.52 bits per heavy atom. The van der Waals surface area contributed by atoms with Crippen LogP contribution in [0.3, 0.4) is 0 Å². The van der Waals surface area contributed by atoms with Crippen LogP contribution in [0.2, 0.25) is 5.02 Å². The number of amides is 1. The molecule has 1 amide bonds. The number of carboxylic acid groups (broad SMARTS) is 1. The van der Waals surface area contributed by atoms with Crippen molar-refractivity contribution in [2.75, 3.05) is 32.1 Å². The molecule has 1 rings (SSSR count). The van der Waals surface area contributed by atoms with Gasteiger partial charge < -0.3 is 14.9 Å². The first-order valence-corrected chi connectivity index (χ1v) is 6.89. The maximum Gasteiger partial charge on any atom is 0.328 e. The van der Waals surface area contributed by atoms with Crippen molar-refractivity contribution >= 4 is 35.2 Å². The minimum Gasteiger partial charge on any atom is -0.478 e. The molecule has 0 heterocycles. The summed E-state index contributed by atoms with van der Waals surface area (Å²) in [7, 11) is 3.38. The Bertz CT molecular complexity index is 556. The minimum atomic E-state index is -1.03. The van der Waals surface area contributed by atoms with Crippen molar-refractivity contribution < 1.29 is 14.7 Å². The molecule has 0 aliphatic rings. The number of rotatable bonds is 6. The van der Waals surface area contributed by atoms with Gasteiger partial charge in [0.1, 0.15) is 0 Å². The van der Waals surface area contributed by atoms with E-state index in [4.69, 9.17) is 16.7 Å². The smallest absolute Gasteiger partial charge is 0.328 e. The number of nitrogens with zero attached hydrogens (tertiary/aromatic N) is 2. The Morgan fingerprint density at radius 2 is 2.00 bits per heavy atom. The molecule has 0 radical (unpaired) electrons. The molecule has 5 nitrogen and oxygen atoms in total. The fourth-order valence-electron chi connectivity index (χ4n) is 1.81. The molecule has 0 fully saturated rings. The lowest BCUT2D eigenvalue weighted by Crippen LogP contribution is -2.37. The monoisotopic (exact) mass is 310 g/mol. The van der Waals surface area contributed by atoms with E-state index in [0.29, 0.717) is 22.8 Å². The van der Waals surface area contributed by atoms with Gasteiger partial charge in [-0.05, 0) is 24.6 Å². The summed E-state index contributed by atoms with van der Waals surface area (Å²) in [5.41, 5.74) is 1.33. The van der Waals surface area contributed by atoms with Gasteiger partial charge in [-0.2, -0.15) is 0 Å². The summed E-state index contributed by atoms with van der Waals surface area (Å²) < 4.78 is 0. The van der Waals surface area contributed by atoms with Gasteiger partial charge >= 0.3 is 5.97 Å². The number of halogens is 1. The van der Waals surface area contributed by atoms with Crippen LogP contribution in [0.15, 0.2) is 24.3 Å². The normalized spacial score (nSPS) is 10.7. The van der Waals surface area contributed by atoms with Crippen LogP contribution in [-0.2, 0) is 9.59 Å². The number of anilines is 1. The Morgan fingerprint density at radius 1 is 1.33 bits per heavy atom. The van der Waals surface area contributed by atoms with E-state index in [1.807, 2.05) is 11.8 Å². The van der Waals surface area contributed by atoms with Crippen LogP contribution in [0.5, 0.6) is 0 Å². The minimum absolute atomic E-state index is 0.0510. The third-order valence-corrected chi connectivity index (χ3v) is 3.25. The average molecular weight is 311 g/mol. The van der Waals surface area contributed by atoms with Gasteiger partial charge in [-0.1, -0.05) is 23.7 Å². The van der Waals surface area contributed by atoms with Crippen molar-refractivity contribution in [3.8, 4) is 0 Å². The maximum absolute atomic E-state index is 11.9. The second-order valence-corrected chi connectivity index (χ2v) is 5.06. The van der Waals surface area contributed by atoms with Crippen LogP contribution in [0, 0.1) is 0 Å². The van der Waals surface area contributed by atoms with Gasteiger partial charge in [-0.25, -0.2) is 4.79 Å². The van der Waals surface area contributed by atoms with Crippen LogP contribution < -0.4 is 4.90 Å². The van der Waals surface area contributed by atoms with Crippen LogP contribution in [-0.4, -0.2) is 49.1 Å². The van der Waals surface area contributed by atoms with Crippen LogP contribution in [0.1, 0.15) is 12.5 Å². The molecule has 0 atom stereocenters. The van der Waals surface area contributed by atoms with E-state index in [9.17, 15) is 9.59 Å². The average Bonchev–Trinajstić information content (AvgIpc) is 2.42. The highest BCUT2D eigenvalue weighted by Gasteiger charge is 2.16. The summed E-state index contributed by atoms with van der Waals surface area (Å²) >= 11 is 6.23. The zero-order valence-electron chi connectivity index (χ0n) is 12.3. The molecule has 0 unspecified atom stereocenters. The quantitative estimate of drug-likeness (QED) is 0.819. The molecular formula is C15H19ClN2O3. The van der Waals surface area contributed by atoms with E-state index in [1.54, 1.807) is 32.3 Å². The third kappa shape index (κ3) is 4.79. The molecule has 0 aliphatic carbocycles. The molecule has 21 heavy (non-hydrogen) atoms. The lowest BCUT2D eigenvalue weighted by Gasteiger charge is -2.26. The second-order valence-electron chi connectivity index (χ2n) is 4.65. The van der Waals surface area contributed by atoms with Crippen molar-refractivity contribution in [3.63, 3.8) is 0 Å². The topological polar surface area (TPSA) is 60.9 Å². The molecule has 1 aromatic rings. The van der Waals surface area contributed by atoms with Gasteiger partial charge in [0.05, 0.1) is 17.3 Å². The number of carbonyl (C=O) groups is 2. The number of hydrogen-bond acceptors (Lipinski definition) is 3. The lowest BCUT2D eigenvalue weighted by atomic mass is 10.1. The Labute approximate surface area is 129 Å². The number of carbonyl (C=O) groups excluding carboxylic acids is 1. The fourth-order valence-corrected chi connectivity index (χ4v) is 2.12. The van der Waals surface area contributed by atoms with Crippen molar-refractivity contribution in [1.29, 1.82) is 0 Å². The SMILES string of the molecule is CCN(CC(=O)N(C)C)c1c(Cl)cccc1/C=C/C(=O)O. The largest absolute Gasteiger partial charge is 0.478 e. The molecule has 6 heteroatoms. The Kier molecular flexibility index (Phi) is 6.24. The summed E-state index contributed by atoms with van der Waals surface area (Å²) in [5.74, 6) is -1.08. The van der Waals surface area contributed by atoms with E-state index in [0.717, 1.165) is 6.08 Å². The first-order chi connectivity index (χ1) is 9.86. The predicted molar refractivity (Wildman–Crippen MR) is 84.7 cm³/mol. The molecule has 0 spiro atoms. The number of benzene rings is 1. The molecule has 1 aromatic carbocycles. The zero-order valence-corrected chi connectivity index (χ0v) is 13.1. The van der Waals surface area contributed by atoms with Gasteiger partial charge in [-0.15, -0.1) is 0 Å². The van der Waals surface area contributed by atoms with E-state index >= 15 is 0 Å². The molecule has 114 valence electrons. The summed E-state index contributed by atoms with van der Waals surface area (Å²) in [6.07, 6.45) is 2.53. The standard InChI is InChI=1S/C15H19ClN2O3/c1-4-18(10-13(19)17(2)3)15-11(8-9-14(20)21)6-5-7-12(15)16/h5-9H,4,10H2,1-3H3,(H,20,21)/b9-8+. The molecule has 0 aliphatic heterocycles. The second kappa shape index (κ2) is 7.69. The van der Waals surface area contributed by atoms with Crippen molar-refractivity contribution in [2.45, 2.75) is 6.92 Å². The van der Waals surface area contributed by atoms with Gasteiger partial charge in [0.25, 0.3) is 0 Å². The highest BCUT2D eigenvalue weighted by Crippen LogP contribution is 2.30. The van der Waals surface area contributed by atoms with Gasteiger partial charge in [0, 0.05) is 26.7 Å². The van der Waals surface area contributed by atoms with E-state index in [-0.39, 0.29) is 12.5 Å². The maximum atomic E-state index is 11.9. The number of hydrogen-bond donors (Lipinski definition) is 1. The summed E-state index contributed by atoms with van der Waals surface area (Å²) in [5, 5.41) is 9.24. The number of para-hydroxylation sites is 1. The first-order valence-electron chi connectivity index (χ1n) is 6.51. The number of likely N-dealkylation sites (N-methyl/N-ethyl adjacent to an activating group) is 2. The molecular weight excluding hydrogens is 292 g/mol. The molecule has 0 saturated heterocycles. The Balaban J connectivity index is 3.18. The molecule has 0 aromatic heterocycles. The van der Waals surface area contributed by atoms with E-state index < -0.39 is 5.97 Å². The lowest BCUT2D eigenvalue weighted by molar-refractivity contribution is -0.131. The van der Waals surface area contributed by atoms with Gasteiger partial charge in [0.2, 0.25) is 5.91 Å². The molecule has 0 bridgehead atoms. The zero-order chi connectivity index (χ0) is 16.0. The number of aliphatic carboxylic acids is 1. The predicted octanol–water partition coefficient (Wildman–Crippen LogP) is 2.35. The van der Waals surface area contributed by atoms with Crippen molar-refractivity contribution in [1.82, 2.24) is 4.90 Å². The summed E-state index contributed by atoms with van der Waals surface area (Å²) in [4.78, 5) is 25.9. The molecule has 0 saturated carbocycles. The summed E-state index contributed by atoms with van der Waals surface area (Å²) in [6, 6.07) is 5.23. The Hall–Kier alpha value is -2.01. The van der Waals surface area contributed by atoms with Gasteiger partial charge in [0.15, 0.2) is 0 Å². The molecule has 1 N–H and O–H groups in total. The summed E-state index contributed by atoms with van der Waals surface area (Å²) in [6.45, 7) is 2.68. The van der Waals surface area contributed by atoms with Crippen LogP contribution in [0.4, 0.5) is 5.69 Å². The highest BCUT2D eigenvalue weighted by atomic mass is 35.5. The van der Waals surface area contributed by atoms with Crippen molar-refractivity contribution in [3.05, 3.63) is 34.9 Å². The van der Waals surface area contributed by atoms with Gasteiger partial charge in [-0.3, -0.25) is 4.79 Å². The first kappa shape index (κ1) is 17.0. The number of carboxylic acids is 1. The highest BCUT2D eigenvalue weighted by molar-refractivity contribution is 6.33. The van der Waals surface area contributed by atoms with Crippen LogP contribution >= 0.6 is 11.6 Å². The van der Waals surface area contributed by atoms with Crippen LogP contribution in [0.25, 0.3) is 6.08 Å². The van der Waals surface area contributed by atoms with E-state index in [2.05, 4.69) is 0 Å².